The molecule has 1 atom stereocenters. The largest absolute Gasteiger partial charge is 0.419 e. The molecule has 0 saturated carbocycles. The molecular formula is C12H14FN3O. The molecule has 90 valence electrons. The summed E-state index contributed by atoms with van der Waals surface area (Å²) in [5, 5.41) is 10.8. The van der Waals surface area contributed by atoms with Crippen molar-refractivity contribution in [3.63, 3.8) is 0 Å². The van der Waals surface area contributed by atoms with Crippen molar-refractivity contribution in [2.75, 3.05) is 7.05 Å². The van der Waals surface area contributed by atoms with Gasteiger partial charge in [-0.05, 0) is 44.7 Å². The van der Waals surface area contributed by atoms with E-state index in [4.69, 9.17) is 4.42 Å². The molecule has 0 bridgehead atoms. The molecular weight excluding hydrogens is 221 g/mol. The van der Waals surface area contributed by atoms with Crippen LogP contribution in [0.25, 0.3) is 11.5 Å². The molecule has 4 nitrogen and oxygen atoms in total. The predicted octanol–water partition coefficient (Wildman–Crippen LogP) is 2.46. The van der Waals surface area contributed by atoms with Crippen LogP contribution in [0.15, 0.2) is 22.6 Å². The molecule has 17 heavy (non-hydrogen) atoms. The van der Waals surface area contributed by atoms with E-state index in [1.54, 1.807) is 7.05 Å². The number of halogens is 1. The van der Waals surface area contributed by atoms with Crippen LogP contribution in [0.3, 0.4) is 0 Å². The summed E-state index contributed by atoms with van der Waals surface area (Å²) < 4.78 is 18.7. The molecule has 0 aliphatic carbocycles. The van der Waals surface area contributed by atoms with Crippen molar-refractivity contribution in [2.24, 2.45) is 0 Å². The number of nitrogens with one attached hydrogen (secondary N) is 1. The van der Waals surface area contributed by atoms with Crippen LogP contribution in [0.5, 0.6) is 0 Å². The van der Waals surface area contributed by atoms with Crippen LogP contribution in [0.4, 0.5) is 4.39 Å². The van der Waals surface area contributed by atoms with E-state index >= 15 is 0 Å². The van der Waals surface area contributed by atoms with E-state index in [1.807, 2.05) is 19.9 Å². The Balaban J connectivity index is 2.36. The molecule has 1 aromatic heterocycles. The first kappa shape index (κ1) is 11.7. The van der Waals surface area contributed by atoms with E-state index in [2.05, 4.69) is 15.5 Å². The zero-order valence-corrected chi connectivity index (χ0v) is 9.99. The van der Waals surface area contributed by atoms with Crippen LogP contribution in [-0.2, 0) is 0 Å². The van der Waals surface area contributed by atoms with Gasteiger partial charge in [-0.25, -0.2) is 4.39 Å². The monoisotopic (exact) mass is 235 g/mol. The fourth-order valence-electron chi connectivity index (χ4n) is 1.51. The molecule has 5 heteroatoms. The summed E-state index contributed by atoms with van der Waals surface area (Å²) in [5.74, 6) is 0.524. The molecule has 0 radical (unpaired) electrons. The van der Waals surface area contributed by atoms with Crippen molar-refractivity contribution in [1.29, 1.82) is 0 Å². The van der Waals surface area contributed by atoms with Gasteiger partial charge in [-0.1, -0.05) is 0 Å². The topological polar surface area (TPSA) is 51.0 Å². The van der Waals surface area contributed by atoms with Gasteiger partial charge in [0.15, 0.2) is 0 Å². The third-order valence-electron chi connectivity index (χ3n) is 2.53. The Hall–Kier alpha value is -1.75. The van der Waals surface area contributed by atoms with Gasteiger partial charge >= 0.3 is 0 Å². The maximum atomic E-state index is 13.2. The SMILES string of the molecule is CNC(C)c1nnc(-c2cc(C)cc(F)c2)o1. The number of hydrogen-bond donors (Lipinski definition) is 1. The highest BCUT2D eigenvalue weighted by Gasteiger charge is 2.13. The van der Waals surface area contributed by atoms with Gasteiger partial charge in [0.05, 0.1) is 6.04 Å². The Morgan fingerprint density at radius 2 is 2.06 bits per heavy atom. The minimum Gasteiger partial charge on any atom is -0.419 e. The third kappa shape index (κ3) is 2.50. The average Bonchev–Trinajstić information content (AvgIpc) is 2.76. The number of aromatic nitrogens is 2. The number of hydrogen-bond acceptors (Lipinski definition) is 4. The maximum Gasteiger partial charge on any atom is 0.247 e. The number of aryl methyl sites for hydroxylation is 1. The van der Waals surface area contributed by atoms with E-state index in [9.17, 15) is 4.39 Å². The molecule has 0 aliphatic rings. The van der Waals surface area contributed by atoms with Crippen LogP contribution >= 0.6 is 0 Å². The summed E-state index contributed by atoms with van der Waals surface area (Å²) in [7, 11) is 1.81. The fraction of sp³-hybridized carbons (Fsp3) is 0.333. The second-order valence-corrected chi connectivity index (χ2v) is 3.97. The Morgan fingerprint density at radius 3 is 2.71 bits per heavy atom. The fourth-order valence-corrected chi connectivity index (χ4v) is 1.51. The van der Waals surface area contributed by atoms with Crippen LogP contribution in [0, 0.1) is 12.7 Å². The molecule has 0 spiro atoms. The van der Waals surface area contributed by atoms with Crippen molar-refractivity contribution in [1.82, 2.24) is 15.5 Å². The first-order chi connectivity index (χ1) is 8.10. The lowest BCUT2D eigenvalue weighted by Gasteiger charge is -2.02. The van der Waals surface area contributed by atoms with Crippen molar-refractivity contribution < 1.29 is 8.81 Å². The van der Waals surface area contributed by atoms with Crippen molar-refractivity contribution in [3.8, 4) is 11.5 Å². The summed E-state index contributed by atoms with van der Waals surface area (Å²) in [4.78, 5) is 0. The highest BCUT2D eigenvalue weighted by molar-refractivity contribution is 5.53. The van der Waals surface area contributed by atoms with Gasteiger partial charge in [-0.2, -0.15) is 0 Å². The number of benzene rings is 1. The number of nitrogens with zero attached hydrogens (tertiary/aromatic N) is 2. The quantitative estimate of drug-likeness (QED) is 0.887. The van der Waals surface area contributed by atoms with E-state index in [0.717, 1.165) is 5.56 Å². The highest BCUT2D eigenvalue weighted by atomic mass is 19.1. The highest BCUT2D eigenvalue weighted by Crippen LogP contribution is 2.22. The third-order valence-corrected chi connectivity index (χ3v) is 2.53. The normalized spacial score (nSPS) is 12.7. The van der Waals surface area contributed by atoms with E-state index in [-0.39, 0.29) is 11.9 Å². The summed E-state index contributed by atoms with van der Waals surface area (Å²) in [6, 6.07) is 4.63. The lowest BCUT2D eigenvalue weighted by Crippen LogP contribution is -2.12. The molecule has 1 unspecified atom stereocenters. The second-order valence-electron chi connectivity index (χ2n) is 3.97. The molecule has 0 aliphatic heterocycles. The zero-order chi connectivity index (χ0) is 12.4. The van der Waals surface area contributed by atoms with Gasteiger partial charge in [-0.3, -0.25) is 0 Å². The summed E-state index contributed by atoms with van der Waals surface area (Å²) in [5.41, 5.74) is 1.42. The van der Waals surface area contributed by atoms with Gasteiger partial charge in [0.1, 0.15) is 5.82 Å². The first-order valence-electron chi connectivity index (χ1n) is 5.38. The van der Waals surface area contributed by atoms with E-state index in [1.165, 1.54) is 12.1 Å². The van der Waals surface area contributed by atoms with E-state index < -0.39 is 0 Å². The van der Waals surface area contributed by atoms with Gasteiger partial charge in [0.2, 0.25) is 11.8 Å². The molecule has 1 heterocycles. The van der Waals surface area contributed by atoms with Crippen LogP contribution in [0.2, 0.25) is 0 Å². The van der Waals surface area contributed by atoms with Gasteiger partial charge in [0.25, 0.3) is 0 Å². The number of rotatable bonds is 3. The first-order valence-corrected chi connectivity index (χ1v) is 5.38. The Bertz CT molecular complexity index is 504. The van der Waals surface area contributed by atoms with E-state index in [0.29, 0.717) is 17.3 Å². The van der Waals surface area contributed by atoms with Crippen LogP contribution < -0.4 is 5.32 Å². The smallest absolute Gasteiger partial charge is 0.247 e. The maximum absolute atomic E-state index is 13.2. The van der Waals surface area contributed by atoms with Crippen molar-refractivity contribution in [2.45, 2.75) is 19.9 Å². The van der Waals surface area contributed by atoms with Crippen molar-refractivity contribution in [3.05, 3.63) is 35.5 Å². The summed E-state index contributed by atoms with van der Waals surface area (Å²) in [6.07, 6.45) is 0. The van der Waals surface area contributed by atoms with Gasteiger partial charge < -0.3 is 9.73 Å². The average molecular weight is 235 g/mol. The Labute approximate surface area is 98.9 Å². The molecule has 1 aromatic carbocycles. The molecule has 0 fully saturated rings. The lowest BCUT2D eigenvalue weighted by atomic mass is 10.1. The molecule has 0 saturated heterocycles. The minimum absolute atomic E-state index is 0.0223. The lowest BCUT2D eigenvalue weighted by molar-refractivity contribution is 0.441. The predicted molar refractivity (Wildman–Crippen MR) is 61.9 cm³/mol. The standard InChI is InChI=1S/C12H14FN3O/c1-7-4-9(6-10(13)5-7)12-16-15-11(17-12)8(2)14-3/h4-6,8,14H,1-3H3. The zero-order valence-electron chi connectivity index (χ0n) is 9.99. The van der Waals surface area contributed by atoms with Crippen LogP contribution in [0.1, 0.15) is 24.4 Å². The summed E-state index contributed by atoms with van der Waals surface area (Å²) >= 11 is 0. The minimum atomic E-state index is -0.304. The molecule has 2 aromatic rings. The Morgan fingerprint density at radius 1 is 1.29 bits per heavy atom. The molecule has 0 amide bonds. The molecule has 1 N–H and O–H groups in total. The Kier molecular flexibility index (Phi) is 3.19. The van der Waals surface area contributed by atoms with Crippen molar-refractivity contribution >= 4 is 0 Å². The molecule has 2 rings (SSSR count). The van der Waals surface area contributed by atoms with Crippen LogP contribution in [-0.4, -0.2) is 17.2 Å². The second kappa shape index (κ2) is 4.63. The summed E-state index contributed by atoms with van der Waals surface area (Å²) in [6.45, 7) is 3.73. The van der Waals surface area contributed by atoms with Gasteiger partial charge in [0, 0.05) is 5.56 Å². The van der Waals surface area contributed by atoms with Gasteiger partial charge in [-0.15, -0.1) is 10.2 Å².